The van der Waals surface area contributed by atoms with E-state index in [4.69, 9.17) is 29.8 Å². The lowest BCUT2D eigenvalue weighted by Crippen LogP contribution is -2.28. The largest absolute Gasteiger partial charge is 0.481 e. The molecule has 10 nitrogen and oxygen atoms in total. The minimum absolute atomic E-state index is 0.275. The quantitative estimate of drug-likeness (QED) is 0.321. The van der Waals surface area contributed by atoms with Gasteiger partial charge in [0, 0.05) is 6.42 Å². The highest BCUT2D eigenvalue weighted by Crippen LogP contribution is 2.63. The minimum atomic E-state index is -5.36. The maximum Gasteiger partial charge on any atom is 0.341 e. The third kappa shape index (κ3) is 6.29. The van der Waals surface area contributed by atoms with Gasteiger partial charge >= 0.3 is 27.1 Å². The summed E-state index contributed by atoms with van der Waals surface area (Å²) in [6.07, 6.45) is -1.32. The van der Waals surface area contributed by atoms with Gasteiger partial charge in [-0.25, -0.2) is 0 Å². The molecule has 0 amide bonds. The van der Waals surface area contributed by atoms with E-state index in [0.29, 0.717) is 0 Å². The van der Waals surface area contributed by atoms with Crippen molar-refractivity contribution in [2.24, 2.45) is 5.92 Å². The fourth-order valence-corrected chi connectivity index (χ4v) is 4.60. The Bertz CT molecular complexity index is 411. The van der Waals surface area contributed by atoms with Crippen molar-refractivity contribution in [3.63, 3.8) is 0 Å². The molecule has 19 heavy (non-hydrogen) atoms. The third-order valence-corrected chi connectivity index (χ3v) is 6.18. The van der Waals surface area contributed by atoms with E-state index in [0.717, 1.165) is 0 Å². The number of carboxylic acids is 2. The highest BCUT2D eigenvalue weighted by molar-refractivity contribution is 7.70. The van der Waals surface area contributed by atoms with Crippen molar-refractivity contribution in [1.29, 1.82) is 0 Å². The van der Waals surface area contributed by atoms with E-state index >= 15 is 0 Å². The molecule has 0 aromatic carbocycles. The Labute approximate surface area is 107 Å². The first-order valence-corrected chi connectivity index (χ1v) is 8.28. The van der Waals surface area contributed by atoms with Crippen molar-refractivity contribution in [3.05, 3.63) is 0 Å². The monoisotopic (exact) mass is 320 g/mol. The summed E-state index contributed by atoms with van der Waals surface area (Å²) in [6, 6.07) is 0. The van der Waals surface area contributed by atoms with Gasteiger partial charge < -0.3 is 29.8 Å². The Balaban J connectivity index is 5.21. The number of aliphatic carboxylic acids is 2. The van der Waals surface area contributed by atoms with Crippen LogP contribution < -0.4 is 0 Å². The number of carbonyl (C=O) groups is 2. The van der Waals surface area contributed by atoms with Gasteiger partial charge in [0.25, 0.3) is 0 Å². The van der Waals surface area contributed by atoms with Crippen LogP contribution in [-0.2, 0) is 18.7 Å². The minimum Gasteiger partial charge on any atom is -0.481 e. The van der Waals surface area contributed by atoms with E-state index in [2.05, 4.69) is 0 Å². The molecule has 0 spiro atoms. The normalized spacial score (nSPS) is 14.4. The molecule has 0 aliphatic rings. The van der Waals surface area contributed by atoms with Crippen LogP contribution in [0.1, 0.15) is 19.3 Å². The molecule has 0 aliphatic carbocycles. The summed E-state index contributed by atoms with van der Waals surface area (Å²) < 4.78 is 22.1. The summed E-state index contributed by atoms with van der Waals surface area (Å²) in [5.41, 5.74) is 0. The number of rotatable bonds is 8. The first-order valence-electron chi connectivity index (χ1n) is 4.92. The standard InChI is InChI=1S/C7H14O10P2/c8-5(9)3-1-2-4(6(10)11)7(18(12,13)14)19(15,16)17/h4,7H,1-3H2,(H,8,9)(H,10,11)(H2,12,13,14)(H2,15,16,17). The van der Waals surface area contributed by atoms with E-state index in [9.17, 15) is 18.7 Å². The molecule has 112 valence electrons. The predicted molar refractivity (Wildman–Crippen MR) is 60.5 cm³/mol. The highest BCUT2D eigenvalue weighted by Gasteiger charge is 2.51. The van der Waals surface area contributed by atoms with Gasteiger partial charge in [-0.05, 0) is 12.8 Å². The molecule has 0 bridgehead atoms. The van der Waals surface area contributed by atoms with Crippen LogP contribution in [0.25, 0.3) is 0 Å². The molecule has 0 fully saturated rings. The molecule has 0 saturated carbocycles. The molecule has 0 aliphatic heterocycles. The Kier molecular flexibility index (Phi) is 6.34. The summed E-state index contributed by atoms with van der Waals surface area (Å²) in [6.45, 7) is 0. The summed E-state index contributed by atoms with van der Waals surface area (Å²) in [7, 11) is -10.7. The van der Waals surface area contributed by atoms with Crippen molar-refractivity contribution in [2.75, 3.05) is 0 Å². The summed E-state index contributed by atoms with van der Waals surface area (Å²) >= 11 is 0. The fourth-order valence-electron chi connectivity index (χ4n) is 1.54. The van der Waals surface area contributed by atoms with Gasteiger partial charge in [0.05, 0.1) is 5.92 Å². The zero-order valence-corrected chi connectivity index (χ0v) is 11.3. The second-order valence-electron chi connectivity index (χ2n) is 3.82. The van der Waals surface area contributed by atoms with Gasteiger partial charge in [-0.3, -0.25) is 18.7 Å². The predicted octanol–water partition coefficient (Wildman–Crippen LogP) is -0.376. The molecular weight excluding hydrogens is 306 g/mol. The lowest BCUT2D eigenvalue weighted by atomic mass is 10.0. The van der Waals surface area contributed by atoms with Crippen LogP contribution in [0.4, 0.5) is 0 Å². The lowest BCUT2D eigenvalue weighted by molar-refractivity contribution is -0.142. The maximum absolute atomic E-state index is 11.0. The second-order valence-corrected chi connectivity index (χ2v) is 7.70. The van der Waals surface area contributed by atoms with Crippen molar-refractivity contribution >= 4 is 27.1 Å². The van der Waals surface area contributed by atoms with Crippen molar-refractivity contribution in [1.82, 2.24) is 0 Å². The Hall–Kier alpha value is -0.760. The number of hydrogen-bond donors (Lipinski definition) is 6. The second kappa shape index (κ2) is 6.60. The molecular formula is C7H14O10P2. The average Bonchev–Trinajstić information content (AvgIpc) is 2.10. The Morgan fingerprint density at radius 3 is 1.63 bits per heavy atom. The summed E-state index contributed by atoms with van der Waals surface area (Å²) in [5.74, 6) is -5.09. The van der Waals surface area contributed by atoms with Crippen LogP contribution in [0, 0.1) is 5.92 Å². The van der Waals surface area contributed by atoms with Crippen molar-refractivity contribution in [2.45, 2.75) is 24.7 Å². The van der Waals surface area contributed by atoms with E-state index in [1.165, 1.54) is 0 Å². The van der Waals surface area contributed by atoms with E-state index in [1.807, 2.05) is 0 Å². The molecule has 6 N–H and O–H groups in total. The molecule has 0 radical (unpaired) electrons. The van der Waals surface area contributed by atoms with Crippen LogP contribution in [0.2, 0.25) is 0 Å². The molecule has 12 heteroatoms. The zero-order chi connectivity index (χ0) is 15.4. The lowest BCUT2D eigenvalue weighted by Gasteiger charge is -2.25. The highest BCUT2D eigenvalue weighted by atomic mass is 31.2. The maximum atomic E-state index is 11.0. The van der Waals surface area contributed by atoms with Gasteiger partial charge in [-0.1, -0.05) is 0 Å². The van der Waals surface area contributed by atoms with Crippen molar-refractivity contribution in [3.8, 4) is 0 Å². The Morgan fingerprint density at radius 2 is 1.37 bits per heavy atom. The van der Waals surface area contributed by atoms with Crippen LogP contribution in [-0.4, -0.2) is 47.1 Å². The molecule has 1 unspecified atom stereocenters. The molecule has 0 aromatic heterocycles. The number of hydrogen-bond acceptors (Lipinski definition) is 4. The van der Waals surface area contributed by atoms with Gasteiger partial charge in [-0.15, -0.1) is 0 Å². The van der Waals surface area contributed by atoms with Crippen LogP contribution in [0.15, 0.2) is 0 Å². The fraction of sp³-hybridized carbons (Fsp3) is 0.714. The summed E-state index contributed by atoms with van der Waals surface area (Å²) in [5, 5.41) is 14.5. The number of carboxylic acid groups (broad SMARTS) is 2. The molecule has 0 saturated heterocycles. The topological polar surface area (TPSA) is 190 Å². The van der Waals surface area contributed by atoms with Gasteiger partial charge in [0.1, 0.15) is 0 Å². The van der Waals surface area contributed by atoms with Crippen LogP contribution >= 0.6 is 15.2 Å². The first-order chi connectivity index (χ1) is 8.37. The van der Waals surface area contributed by atoms with Gasteiger partial charge in [0.15, 0.2) is 5.40 Å². The summed E-state index contributed by atoms with van der Waals surface area (Å²) in [4.78, 5) is 56.7. The average molecular weight is 320 g/mol. The van der Waals surface area contributed by atoms with E-state index in [-0.39, 0.29) is 6.42 Å². The molecule has 0 rings (SSSR count). The van der Waals surface area contributed by atoms with E-state index in [1.54, 1.807) is 0 Å². The van der Waals surface area contributed by atoms with Crippen LogP contribution in [0.5, 0.6) is 0 Å². The zero-order valence-electron chi connectivity index (χ0n) is 9.49. The smallest absolute Gasteiger partial charge is 0.341 e. The van der Waals surface area contributed by atoms with Crippen LogP contribution in [0.3, 0.4) is 0 Å². The molecule has 1 atom stereocenters. The van der Waals surface area contributed by atoms with Gasteiger partial charge in [-0.2, -0.15) is 0 Å². The third-order valence-electron chi connectivity index (χ3n) is 2.27. The molecule has 0 aromatic rings. The van der Waals surface area contributed by atoms with E-state index < -0.39 is 51.3 Å². The van der Waals surface area contributed by atoms with Crippen molar-refractivity contribution < 1.29 is 48.5 Å². The van der Waals surface area contributed by atoms with Gasteiger partial charge in [0.2, 0.25) is 0 Å². The molecule has 0 heterocycles. The Morgan fingerprint density at radius 1 is 0.947 bits per heavy atom. The first kappa shape index (κ1) is 18.2. The SMILES string of the molecule is O=C(O)CCCC(C(=O)O)C(P(=O)(O)O)P(=O)(O)O.